The van der Waals surface area contributed by atoms with Crippen LogP contribution in [0.25, 0.3) is 11.0 Å². The maximum absolute atomic E-state index is 6.02. The number of aryl methyl sites for hydroxylation is 1. The van der Waals surface area contributed by atoms with Crippen molar-refractivity contribution < 1.29 is 13.9 Å². The lowest BCUT2D eigenvalue weighted by Crippen LogP contribution is -2.53. The molecule has 1 N–H and O–H groups in total. The van der Waals surface area contributed by atoms with Gasteiger partial charge in [0.2, 0.25) is 0 Å². The summed E-state index contributed by atoms with van der Waals surface area (Å²) in [5.41, 5.74) is 2.10. The highest BCUT2D eigenvalue weighted by Crippen LogP contribution is 2.26. The molecule has 2 atom stereocenters. The highest BCUT2D eigenvalue weighted by atomic mass is 16.5. The number of nitrogens with zero attached hydrogens (tertiary/aromatic N) is 2. The molecule has 6 nitrogen and oxygen atoms in total. The van der Waals surface area contributed by atoms with E-state index in [1.165, 1.54) is 5.56 Å². The first-order valence-electron chi connectivity index (χ1n) is 9.99. The minimum Gasteiger partial charge on any atom is -0.459 e. The number of fused-ring (bicyclic) bond motifs is 1. The highest BCUT2D eigenvalue weighted by Gasteiger charge is 2.32. The molecule has 2 aliphatic rings. The maximum atomic E-state index is 6.02. The van der Waals surface area contributed by atoms with Crippen LogP contribution in [0.2, 0.25) is 0 Å². The summed E-state index contributed by atoms with van der Waals surface area (Å²) in [5, 5.41) is 4.59. The summed E-state index contributed by atoms with van der Waals surface area (Å²) in [5.74, 6) is 1.85. The van der Waals surface area contributed by atoms with Crippen LogP contribution >= 0.6 is 0 Å². The highest BCUT2D eigenvalue weighted by molar-refractivity contribution is 5.82. The molecule has 2 aromatic rings. The molecule has 2 saturated heterocycles. The summed E-state index contributed by atoms with van der Waals surface area (Å²) < 4.78 is 17.8. The van der Waals surface area contributed by atoms with Crippen molar-refractivity contribution in [1.82, 2.24) is 10.2 Å². The largest absolute Gasteiger partial charge is 0.459 e. The summed E-state index contributed by atoms with van der Waals surface area (Å²) in [4.78, 5) is 7.15. The normalized spacial score (nSPS) is 23.9. The fourth-order valence-electron chi connectivity index (χ4n) is 3.94. The van der Waals surface area contributed by atoms with Crippen molar-refractivity contribution in [2.24, 2.45) is 4.99 Å². The molecule has 0 radical (unpaired) electrons. The molecule has 2 unspecified atom stereocenters. The first kappa shape index (κ1) is 18.3. The van der Waals surface area contributed by atoms with Crippen LogP contribution in [0.1, 0.15) is 31.1 Å². The van der Waals surface area contributed by atoms with Crippen LogP contribution in [-0.4, -0.2) is 55.9 Å². The molecule has 3 heterocycles. The van der Waals surface area contributed by atoms with E-state index in [9.17, 15) is 0 Å². The third-order valence-corrected chi connectivity index (χ3v) is 5.42. The summed E-state index contributed by atoms with van der Waals surface area (Å²) in [6, 6.07) is 8.15. The number of guanidine groups is 1. The fourth-order valence-corrected chi connectivity index (χ4v) is 3.94. The number of benzene rings is 1. The van der Waals surface area contributed by atoms with Gasteiger partial charge in [-0.25, -0.2) is 4.99 Å². The molecular weight excluding hydrogens is 342 g/mol. The summed E-state index contributed by atoms with van der Waals surface area (Å²) >= 11 is 0. The van der Waals surface area contributed by atoms with E-state index >= 15 is 0 Å². The first-order valence-corrected chi connectivity index (χ1v) is 9.99. The zero-order valence-corrected chi connectivity index (χ0v) is 16.2. The van der Waals surface area contributed by atoms with Crippen molar-refractivity contribution in [2.75, 3.05) is 32.8 Å². The van der Waals surface area contributed by atoms with Crippen molar-refractivity contribution >= 4 is 16.9 Å². The van der Waals surface area contributed by atoms with E-state index in [4.69, 9.17) is 18.9 Å². The van der Waals surface area contributed by atoms with Crippen LogP contribution in [-0.2, 0) is 16.0 Å². The Morgan fingerprint density at radius 3 is 2.85 bits per heavy atom. The molecule has 0 aliphatic carbocycles. The van der Waals surface area contributed by atoms with Crippen molar-refractivity contribution in [2.45, 2.75) is 45.4 Å². The van der Waals surface area contributed by atoms with Gasteiger partial charge in [0.05, 0.1) is 12.7 Å². The molecule has 0 bridgehead atoms. The Bertz CT molecular complexity index is 795. The molecule has 0 saturated carbocycles. The summed E-state index contributed by atoms with van der Waals surface area (Å²) in [6.45, 7) is 8.78. The van der Waals surface area contributed by atoms with E-state index in [0.717, 1.165) is 61.8 Å². The molecule has 2 aliphatic heterocycles. The zero-order valence-electron chi connectivity index (χ0n) is 16.2. The number of hydrogen-bond acceptors (Lipinski definition) is 4. The number of furan rings is 1. The first-order chi connectivity index (χ1) is 13.3. The zero-order chi connectivity index (χ0) is 18.6. The predicted octanol–water partition coefficient (Wildman–Crippen LogP) is 3.09. The fraction of sp³-hybridized carbons (Fsp3) is 0.571. The van der Waals surface area contributed by atoms with Crippen LogP contribution in [0.3, 0.4) is 0 Å². The second kappa shape index (κ2) is 8.31. The Labute approximate surface area is 160 Å². The second-order valence-electron chi connectivity index (χ2n) is 7.22. The van der Waals surface area contributed by atoms with E-state index < -0.39 is 0 Å². The van der Waals surface area contributed by atoms with Crippen LogP contribution < -0.4 is 5.32 Å². The minimum atomic E-state index is 0.123. The van der Waals surface area contributed by atoms with Gasteiger partial charge in [-0.1, -0.05) is 18.2 Å². The van der Waals surface area contributed by atoms with Gasteiger partial charge in [0.1, 0.15) is 24.0 Å². The summed E-state index contributed by atoms with van der Waals surface area (Å²) in [7, 11) is 0. The van der Waals surface area contributed by atoms with E-state index in [1.54, 1.807) is 0 Å². The molecule has 0 amide bonds. The molecule has 146 valence electrons. The van der Waals surface area contributed by atoms with Crippen LogP contribution in [0.15, 0.2) is 33.7 Å². The number of aliphatic imine (C=N–C) groups is 1. The van der Waals surface area contributed by atoms with Gasteiger partial charge in [0.15, 0.2) is 5.96 Å². The third-order valence-electron chi connectivity index (χ3n) is 5.42. The van der Waals surface area contributed by atoms with E-state index in [1.807, 2.05) is 18.2 Å². The Balaban J connectivity index is 1.49. The Morgan fingerprint density at radius 1 is 1.22 bits per heavy atom. The third kappa shape index (κ3) is 3.96. The lowest BCUT2D eigenvalue weighted by molar-refractivity contribution is -0.0817. The van der Waals surface area contributed by atoms with Crippen LogP contribution in [0.4, 0.5) is 0 Å². The van der Waals surface area contributed by atoms with E-state index in [2.05, 4.69) is 30.1 Å². The topological polar surface area (TPSA) is 59.2 Å². The maximum Gasteiger partial charge on any atom is 0.194 e. The standard InChI is InChI=1S/C21H29N3O3/c1-3-22-21(24-10-12-26-20(14-24)18-9-6-11-25-18)23-13-19-15(2)16-7-4-5-8-17(16)27-19/h4-5,7-8,18,20H,3,6,9-14H2,1-2H3,(H,22,23). The number of morpholine rings is 1. The Kier molecular flexibility index (Phi) is 5.64. The number of para-hydroxylation sites is 1. The number of hydrogen-bond donors (Lipinski definition) is 1. The van der Waals surface area contributed by atoms with Gasteiger partial charge in [0, 0.05) is 37.2 Å². The SMILES string of the molecule is CCNC(=NCc1oc2ccccc2c1C)N1CCOC(C2CCCO2)C1. The molecular formula is C21H29N3O3. The molecule has 1 aromatic heterocycles. The number of rotatable bonds is 4. The van der Waals surface area contributed by atoms with Gasteiger partial charge in [-0.3, -0.25) is 0 Å². The lowest BCUT2D eigenvalue weighted by Gasteiger charge is -2.37. The van der Waals surface area contributed by atoms with Crippen LogP contribution in [0, 0.1) is 6.92 Å². The second-order valence-corrected chi connectivity index (χ2v) is 7.22. The number of nitrogens with one attached hydrogen (secondary N) is 1. The Hall–Kier alpha value is -2.05. The molecule has 6 heteroatoms. The average molecular weight is 371 g/mol. The summed E-state index contributed by atoms with van der Waals surface area (Å²) in [6.07, 6.45) is 2.56. The van der Waals surface area contributed by atoms with Crippen molar-refractivity contribution in [3.8, 4) is 0 Å². The predicted molar refractivity (Wildman–Crippen MR) is 106 cm³/mol. The van der Waals surface area contributed by atoms with Gasteiger partial charge < -0.3 is 24.1 Å². The lowest BCUT2D eigenvalue weighted by atomic mass is 10.1. The quantitative estimate of drug-likeness (QED) is 0.661. The molecule has 2 fully saturated rings. The van der Waals surface area contributed by atoms with E-state index in [0.29, 0.717) is 13.2 Å². The molecule has 1 aromatic carbocycles. The average Bonchev–Trinajstić information content (AvgIpc) is 3.34. The minimum absolute atomic E-state index is 0.123. The Morgan fingerprint density at radius 2 is 2.07 bits per heavy atom. The van der Waals surface area contributed by atoms with Crippen molar-refractivity contribution in [3.05, 3.63) is 35.6 Å². The number of ether oxygens (including phenoxy) is 2. The smallest absolute Gasteiger partial charge is 0.194 e. The molecule has 4 rings (SSSR count). The van der Waals surface area contributed by atoms with Crippen molar-refractivity contribution in [1.29, 1.82) is 0 Å². The van der Waals surface area contributed by atoms with Gasteiger partial charge in [-0.15, -0.1) is 0 Å². The van der Waals surface area contributed by atoms with Crippen molar-refractivity contribution in [3.63, 3.8) is 0 Å². The van der Waals surface area contributed by atoms with Gasteiger partial charge in [0.25, 0.3) is 0 Å². The van der Waals surface area contributed by atoms with Gasteiger partial charge in [-0.05, 0) is 32.8 Å². The van der Waals surface area contributed by atoms with E-state index in [-0.39, 0.29) is 12.2 Å². The van der Waals surface area contributed by atoms with Gasteiger partial charge in [-0.2, -0.15) is 0 Å². The molecule has 27 heavy (non-hydrogen) atoms. The van der Waals surface area contributed by atoms with Gasteiger partial charge >= 0.3 is 0 Å². The monoisotopic (exact) mass is 371 g/mol. The van der Waals surface area contributed by atoms with Crippen LogP contribution in [0.5, 0.6) is 0 Å². The molecule has 0 spiro atoms.